The lowest BCUT2D eigenvalue weighted by Gasteiger charge is -2.18. The Morgan fingerprint density at radius 2 is 1.50 bits per heavy atom. The van der Waals surface area contributed by atoms with E-state index >= 15 is 0 Å². The Hall–Kier alpha value is -2.73. The predicted octanol–water partition coefficient (Wildman–Crippen LogP) is 6.09. The summed E-state index contributed by atoms with van der Waals surface area (Å²) in [6, 6.07) is 7.87. The van der Waals surface area contributed by atoms with Crippen molar-refractivity contribution in [2.24, 2.45) is 0 Å². The zero-order valence-corrected chi connectivity index (χ0v) is 18.3. The van der Waals surface area contributed by atoms with Gasteiger partial charge in [0.2, 0.25) is 5.75 Å². The van der Waals surface area contributed by atoms with Crippen LogP contribution in [0.3, 0.4) is 0 Å². The summed E-state index contributed by atoms with van der Waals surface area (Å²) in [4.78, 5) is 23.4. The summed E-state index contributed by atoms with van der Waals surface area (Å²) in [7, 11) is 0. The van der Waals surface area contributed by atoms with Gasteiger partial charge in [0.1, 0.15) is 12.0 Å². The molecule has 0 bridgehead atoms. The molecule has 0 saturated carbocycles. The molecular weight excluding hydrogens is 408 g/mol. The Morgan fingerprint density at radius 3 is 2.00 bits per heavy atom. The van der Waals surface area contributed by atoms with Gasteiger partial charge in [0.25, 0.3) is 0 Å². The molecule has 0 atom stereocenters. The first-order valence-corrected chi connectivity index (χ1v) is 10.4. The zero-order valence-electron chi connectivity index (χ0n) is 17.5. The quantitative estimate of drug-likeness (QED) is 0.297. The molecule has 0 aliphatic rings. The van der Waals surface area contributed by atoms with E-state index < -0.39 is 5.97 Å². The molecule has 0 N–H and O–H groups in total. The zero-order chi connectivity index (χ0) is 21.9. The van der Waals surface area contributed by atoms with Crippen LogP contribution in [-0.2, 0) is 4.74 Å². The first kappa shape index (κ1) is 23.5. The molecule has 0 aliphatic heterocycles. The first-order valence-electron chi connectivity index (χ1n) is 10.1. The van der Waals surface area contributed by atoms with E-state index in [1.165, 1.54) is 6.07 Å². The van der Waals surface area contributed by atoms with Gasteiger partial charge >= 0.3 is 5.97 Å². The van der Waals surface area contributed by atoms with Gasteiger partial charge in [-0.2, -0.15) is 0 Å². The van der Waals surface area contributed by atoms with Gasteiger partial charge in [-0.05, 0) is 49.6 Å². The normalized spacial score (nSPS) is 10.4. The highest BCUT2D eigenvalue weighted by atomic mass is 35.5. The van der Waals surface area contributed by atoms with Crippen LogP contribution in [0.5, 0.6) is 23.0 Å². The summed E-state index contributed by atoms with van der Waals surface area (Å²) < 4.78 is 23.0. The van der Waals surface area contributed by atoms with E-state index in [4.69, 9.17) is 30.5 Å². The fraction of sp³-hybridized carbons (Fsp3) is 0.391. The smallest absolute Gasteiger partial charge is 0.338 e. The summed E-state index contributed by atoms with van der Waals surface area (Å²) in [5.74, 6) is 0.893. The second kappa shape index (κ2) is 12.1. The van der Waals surface area contributed by atoms with Crippen molar-refractivity contribution in [3.8, 4) is 23.0 Å². The van der Waals surface area contributed by atoms with E-state index in [-0.39, 0.29) is 5.02 Å². The predicted molar refractivity (Wildman–Crippen MR) is 116 cm³/mol. The Morgan fingerprint density at radius 1 is 0.900 bits per heavy atom. The lowest BCUT2D eigenvalue weighted by Crippen LogP contribution is -2.09. The molecule has 162 valence electrons. The van der Waals surface area contributed by atoms with Gasteiger partial charge in [0.15, 0.2) is 11.5 Å². The lowest BCUT2D eigenvalue weighted by molar-refractivity contribution is 0.0504. The molecule has 2 rings (SSSR count). The van der Waals surface area contributed by atoms with Crippen molar-refractivity contribution in [3.05, 3.63) is 46.5 Å². The summed E-state index contributed by atoms with van der Waals surface area (Å²) in [5, 5.41) is 0.272. The van der Waals surface area contributed by atoms with Gasteiger partial charge in [0, 0.05) is 5.56 Å². The van der Waals surface area contributed by atoms with Crippen LogP contribution in [0, 0.1) is 0 Å². The molecule has 30 heavy (non-hydrogen) atoms. The van der Waals surface area contributed by atoms with Gasteiger partial charge in [-0.15, -0.1) is 0 Å². The van der Waals surface area contributed by atoms with Gasteiger partial charge in [-0.25, -0.2) is 4.79 Å². The molecule has 2 aromatic carbocycles. The molecule has 0 unspecified atom stereocenters. The van der Waals surface area contributed by atoms with E-state index in [9.17, 15) is 9.59 Å². The van der Waals surface area contributed by atoms with Crippen LogP contribution >= 0.6 is 11.6 Å². The highest BCUT2D eigenvalue weighted by Gasteiger charge is 2.21. The van der Waals surface area contributed by atoms with Crippen LogP contribution in [0.25, 0.3) is 0 Å². The van der Waals surface area contributed by atoms with Gasteiger partial charge in [-0.1, -0.05) is 32.4 Å². The fourth-order valence-electron chi connectivity index (χ4n) is 2.49. The largest absolute Gasteiger partial charge is 0.490 e. The second-order valence-corrected chi connectivity index (χ2v) is 6.95. The van der Waals surface area contributed by atoms with Crippen LogP contribution in [0.15, 0.2) is 30.3 Å². The minimum Gasteiger partial charge on any atom is -0.490 e. The Balaban J connectivity index is 2.50. The Bertz CT molecular complexity index is 836. The van der Waals surface area contributed by atoms with Crippen LogP contribution < -0.4 is 14.2 Å². The van der Waals surface area contributed by atoms with Crippen molar-refractivity contribution in [1.29, 1.82) is 0 Å². The molecule has 2 aromatic rings. The van der Waals surface area contributed by atoms with E-state index in [2.05, 4.69) is 0 Å². The third-order valence-electron chi connectivity index (χ3n) is 3.92. The Kier molecular flexibility index (Phi) is 9.48. The number of carbonyl (C=O) groups is 2. The van der Waals surface area contributed by atoms with E-state index in [1.807, 2.05) is 20.8 Å². The summed E-state index contributed by atoms with van der Waals surface area (Å²) in [5.41, 5.74) is 0.752. The molecule has 0 aromatic heterocycles. The number of aldehydes is 1. The number of halogens is 1. The number of rotatable bonds is 12. The molecule has 0 fully saturated rings. The number of ether oxygens (including phenoxy) is 4. The first-order chi connectivity index (χ1) is 14.5. The van der Waals surface area contributed by atoms with Crippen molar-refractivity contribution >= 4 is 23.9 Å². The van der Waals surface area contributed by atoms with Crippen LogP contribution in [-0.4, -0.2) is 32.1 Å². The van der Waals surface area contributed by atoms with Gasteiger partial charge in [-0.3, -0.25) is 4.79 Å². The van der Waals surface area contributed by atoms with E-state index in [0.717, 1.165) is 19.3 Å². The topological polar surface area (TPSA) is 71.1 Å². The summed E-state index contributed by atoms with van der Waals surface area (Å²) in [6.45, 7) is 7.05. The van der Waals surface area contributed by atoms with Crippen molar-refractivity contribution in [1.82, 2.24) is 0 Å². The van der Waals surface area contributed by atoms with Crippen LogP contribution in [0.1, 0.15) is 60.7 Å². The molecule has 0 heterocycles. The molecule has 0 aliphatic carbocycles. The summed E-state index contributed by atoms with van der Waals surface area (Å²) >= 11 is 6.27. The van der Waals surface area contributed by atoms with E-state index in [1.54, 1.807) is 24.3 Å². The fourth-order valence-corrected chi connectivity index (χ4v) is 2.72. The molecule has 0 spiro atoms. The van der Waals surface area contributed by atoms with Crippen molar-refractivity contribution < 1.29 is 28.5 Å². The van der Waals surface area contributed by atoms with Crippen molar-refractivity contribution in [2.75, 3.05) is 19.8 Å². The number of hydrogen-bond acceptors (Lipinski definition) is 6. The monoisotopic (exact) mass is 434 g/mol. The number of carbonyl (C=O) groups excluding carboxylic acids is 2. The maximum absolute atomic E-state index is 12.4. The number of esters is 1. The number of benzene rings is 2. The maximum Gasteiger partial charge on any atom is 0.338 e. The molecule has 0 saturated heterocycles. The van der Waals surface area contributed by atoms with Gasteiger partial charge in [0.05, 0.1) is 30.4 Å². The minimum absolute atomic E-state index is 0.272. The highest BCUT2D eigenvalue weighted by molar-refractivity contribution is 6.32. The SMILES string of the molecule is CCCOC(=O)c1cc(OCCC)c(Oc2ccc(C=O)cc2Cl)c(OCCC)c1. The number of hydrogen-bond donors (Lipinski definition) is 0. The molecule has 6 nitrogen and oxygen atoms in total. The van der Waals surface area contributed by atoms with Crippen LogP contribution in [0.4, 0.5) is 0 Å². The molecule has 0 amide bonds. The average molecular weight is 435 g/mol. The lowest BCUT2D eigenvalue weighted by atomic mass is 10.1. The highest BCUT2D eigenvalue weighted by Crippen LogP contribution is 2.43. The van der Waals surface area contributed by atoms with Crippen LogP contribution in [0.2, 0.25) is 5.02 Å². The summed E-state index contributed by atoms with van der Waals surface area (Å²) in [6.07, 6.45) is 2.96. The molecule has 7 heteroatoms. The Labute approximate surface area is 182 Å². The van der Waals surface area contributed by atoms with Gasteiger partial charge < -0.3 is 18.9 Å². The van der Waals surface area contributed by atoms with Crippen molar-refractivity contribution in [2.45, 2.75) is 40.0 Å². The molecule has 0 radical (unpaired) electrons. The third-order valence-corrected chi connectivity index (χ3v) is 4.22. The van der Waals surface area contributed by atoms with E-state index in [0.29, 0.717) is 60.2 Å². The average Bonchev–Trinajstić information content (AvgIpc) is 2.76. The maximum atomic E-state index is 12.4. The minimum atomic E-state index is -0.459. The van der Waals surface area contributed by atoms with Crippen molar-refractivity contribution in [3.63, 3.8) is 0 Å². The second-order valence-electron chi connectivity index (χ2n) is 6.54. The third kappa shape index (κ3) is 6.39. The standard InChI is InChI=1S/C23H27ClO6/c1-4-9-27-20-13-17(23(26)29-11-6-3)14-21(28-10-5-2)22(20)30-19-8-7-16(15-25)12-18(19)24/h7-8,12-15H,4-6,9-11H2,1-3H3. The molecular formula is C23H27ClO6.